The lowest BCUT2D eigenvalue weighted by Crippen LogP contribution is -2.09. The third kappa shape index (κ3) is 4.53. The first-order valence-electron chi connectivity index (χ1n) is 5.95. The van der Waals surface area contributed by atoms with Crippen molar-refractivity contribution in [1.82, 2.24) is 0 Å². The molecule has 0 unspecified atom stereocenters. The number of hydrogen-bond acceptors (Lipinski definition) is 3. The van der Waals surface area contributed by atoms with E-state index in [-0.39, 0.29) is 0 Å². The Labute approximate surface area is 98.6 Å². The van der Waals surface area contributed by atoms with E-state index >= 15 is 0 Å². The molecule has 3 N–H and O–H groups in total. The molecule has 0 atom stereocenters. The van der Waals surface area contributed by atoms with Gasteiger partial charge in [0, 0.05) is 32.0 Å². The Morgan fingerprint density at radius 2 is 2.00 bits per heavy atom. The average molecular weight is 221 g/mol. The minimum absolute atomic E-state index is 0.802. The Hall–Kier alpha value is -1.22. The van der Waals surface area contributed by atoms with Crippen LogP contribution in [-0.4, -0.2) is 27.2 Å². The maximum Gasteiger partial charge on any atom is 0.0381 e. The molecular weight excluding hydrogens is 198 g/mol. The molecule has 0 aliphatic rings. The van der Waals surface area contributed by atoms with E-state index in [1.807, 2.05) is 0 Å². The molecule has 0 amide bonds. The molecule has 0 aromatic heterocycles. The van der Waals surface area contributed by atoms with Crippen LogP contribution in [0.25, 0.3) is 0 Å². The molecule has 3 nitrogen and oxygen atoms in total. The summed E-state index contributed by atoms with van der Waals surface area (Å²) in [6, 6.07) is 8.47. The predicted octanol–water partition coefficient (Wildman–Crippen LogP) is 2.29. The van der Waals surface area contributed by atoms with Crippen LogP contribution in [0, 0.1) is 0 Å². The van der Waals surface area contributed by atoms with Crippen molar-refractivity contribution in [3.8, 4) is 0 Å². The molecule has 1 aromatic rings. The Morgan fingerprint density at radius 3 is 2.69 bits per heavy atom. The number of nitrogens with one attached hydrogen (secondary N) is 1. The Kier molecular flexibility index (Phi) is 5.72. The van der Waals surface area contributed by atoms with Gasteiger partial charge < -0.3 is 16.0 Å². The molecule has 90 valence electrons. The number of unbranched alkanes of at least 4 members (excludes halogenated alkanes) is 2. The molecule has 0 aliphatic carbocycles. The van der Waals surface area contributed by atoms with Gasteiger partial charge in [0.05, 0.1) is 0 Å². The molecular formula is C13H23N3. The summed E-state index contributed by atoms with van der Waals surface area (Å²) in [5, 5.41) is 3.43. The van der Waals surface area contributed by atoms with Gasteiger partial charge in [-0.15, -0.1) is 0 Å². The maximum absolute atomic E-state index is 5.45. The van der Waals surface area contributed by atoms with Gasteiger partial charge in [-0.1, -0.05) is 12.5 Å². The number of nitrogens with zero attached hydrogens (tertiary/aromatic N) is 1. The number of benzene rings is 1. The van der Waals surface area contributed by atoms with Gasteiger partial charge in [-0.25, -0.2) is 0 Å². The van der Waals surface area contributed by atoms with Crippen molar-refractivity contribution in [2.24, 2.45) is 5.73 Å². The second-order valence-electron chi connectivity index (χ2n) is 4.22. The van der Waals surface area contributed by atoms with Crippen molar-refractivity contribution in [2.75, 3.05) is 37.4 Å². The van der Waals surface area contributed by atoms with Crippen molar-refractivity contribution in [3.05, 3.63) is 24.3 Å². The van der Waals surface area contributed by atoms with Gasteiger partial charge in [0.1, 0.15) is 0 Å². The molecule has 3 heteroatoms. The van der Waals surface area contributed by atoms with Gasteiger partial charge in [-0.2, -0.15) is 0 Å². The molecule has 0 aliphatic heterocycles. The zero-order valence-corrected chi connectivity index (χ0v) is 10.4. The van der Waals surface area contributed by atoms with Gasteiger partial charge >= 0.3 is 0 Å². The fourth-order valence-corrected chi connectivity index (χ4v) is 1.57. The first kappa shape index (κ1) is 12.8. The lowest BCUT2D eigenvalue weighted by molar-refractivity contribution is 0.707. The summed E-state index contributed by atoms with van der Waals surface area (Å²) in [6.45, 7) is 1.83. The summed E-state index contributed by atoms with van der Waals surface area (Å²) in [5.41, 5.74) is 7.87. The SMILES string of the molecule is CN(C)c1cccc(NCCCCCN)c1. The van der Waals surface area contributed by atoms with Crippen LogP contribution < -0.4 is 16.0 Å². The van der Waals surface area contributed by atoms with Crippen molar-refractivity contribution >= 4 is 11.4 Å². The third-order valence-electron chi connectivity index (χ3n) is 2.57. The molecule has 0 spiro atoms. The zero-order chi connectivity index (χ0) is 11.8. The molecule has 0 saturated carbocycles. The summed E-state index contributed by atoms with van der Waals surface area (Å²) in [4.78, 5) is 2.11. The van der Waals surface area contributed by atoms with Gasteiger partial charge in [-0.05, 0) is 37.6 Å². The van der Waals surface area contributed by atoms with Crippen molar-refractivity contribution in [3.63, 3.8) is 0 Å². The Balaban J connectivity index is 2.33. The molecule has 16 heavy (non-hydrogen) atoms. The van der Waals surface area contributed by atoms with E-state index in [2.05, 4.69) is 48.6 Å². The standard InChI is InChI=1S/C13H23N3/c1-16(2)13-8-6-7-12(11-13)15-10-5-3-4-9-14/h6-8,11,15H,3-5,9-10,14H2,1-2H3. The Bertz CT molecular complexity index is 297. The summed E-state index contributed by atoms with van der Waals surface area (Å²) in [6.07, 6.45) is 3.51. The van der Waals surface area contributed by atoms with E-state index in [1.54, 1.807) is 0 Å². The first-order valence-corrected chi connectivity index (χ1v) is 5.95. The van der Waals surface area contributed by atoms with Crippen LogP contribution in [0.5, 0.6) is 0 Å². The lowest BCUT2D eigenvalue weighted by Gasteiger charge is -2.14. The third-order valence-corrected chi connectivity index (χ3v) is 2.57. The molecule has 0 fully saturated rings. The fourth-order valence-electron chi connectivity index (χ4n) is 1.57. The van der Waals surface area contributed by atoms with Crippen LogP contribution in [-0.2, 0) is 0 Å². The van der Waals surface area contributed by atoms with Crippen LogP contribution in [0.2, 0.25) is 0 Å². The quantitative estimate of drug-likeness (QED) is 0.694. The van der Waals surface area contributed by atoms with Crippen LogP contribution >= 0.6 is 0 Å². The molecule has 0 saturated heterocycles. The van der Waals surface area contributed by atoms with E-state index < -0.39 is 0 Å². The summed E-state index contributed by atoms with van der Waals surface area (Å²) in [7, 11) is 4.11. The maximum atomic E-state index is 5.45. The number of hydrogen-bond donors (Lipinski definition) is 2. The summed E-state index contributed by atoms with van der Waals surface area (Å²) >= 11 is 0. The van der Waals surface area contributed by atoms with E-state index in [0.29, 0.717) is 0 Å². The highest BCUT2D eigenvalue weighted by Crippen LogP contribution is 2.17. The minimum Gasteiger partial charge on any atom is -0.385 e. The highest BCUT2D eigenvalue weighted by molar-refractivity contribution is 5.57. The first-order chi connectivity index (χ1) is 7.74. The molecule has 0 radical (unpaired) electrons. The Morgan fingerprint density at radius 1 is 1.19 bits per heavy atom. The highest BCUT2D eigenvalue weighted by atomic mass is 15.1. The second-order valence-corrected chi connectivity index (χ2v) is 4.22. The molecule has 0 heterocycles. The van der Waals surface area contributed by atoms with E-state index in [9.17, 15) is 0 Å². The van der Waals surface area contributed by atoms with E-state index in [1.165, 1.54) is 24.2 Å². The largest absolute Gasteiger partial charge is 0.385 e. The average Bonchev–Trinajstić information content (AvgIpc) is 2.29. The van der Waals surface area contributed by atoms with Crippen LogP contribution in [0.1, 0.15) is 19.3 Å². The lowest BCUT2D eigenvalue weighted by atomic mass is 10.2. The number of rotatable bonds is 7. The van der Waals surface area contributed by atoms with Crippen molar-refractivity contribution in [2.45, 2.75) is 19.3 Å². The second kappa shape index (κ2) is 7.12. The topological polar surface area (TPSA) is 41.3 Å². The van der Waals surface area contributed by atoms with E-state index in [4.69, 9.17) is 5.73 Å². The number of anilines is 2. The highest BCUT2D eigenvalue weighted by Gasteiger charge is 1.96. The van der Waals surface area contributed by atoms with Crippen LogP contribution in [0.4, 0.5) is 11.4 Å². The molecule has 1 rings (SSSR count). The molecule has 0 bridgehead atoms. The fraction of sp³-hybridized carbons (Fsp3) is 0.538. The number of nitrogens with two attached hydrogens (primary N) is 1. The van der Waals surface area contributed by atoms with Crippen molar-refractivity contribution in [1.29, 1.82) is 0 Å². The smallest absolute Gasteiger partial charge is 0.0381 e. The zero-order valence-electron chi connectivity index (χ0n) is 10.4. The van der Waals surface area contributed by atoms with Crippen LogP contribution in [0.3, 0.4) is 0 Å². The minimum atomic E-state index is 0.802. The van der Waals surface area contributed by atoms with Gasteiger partial charge in [0.2, 0.25) is 0 Å². The van der Waals surface area contributed by atoms with Crippen molar-refractivity contribution < 1.29 is 0 Å². The summed E-state index contributed by atoms with van der Waals surface area (Å²) < 4.78 is 0. The monoisotopic (exact) mass is 221 g/mol. The van der Waals surface area contributed by atoms with Gasteiger partial charge in [-0.3, -0.25) is 0 Å². The van der Waals surface area contributed by atoms with Gasteiger partial charge in [0.25, 0.3) is 0 Å². The molecule has 1 aromatic carbocycles. The van der Waals surface area contributed by atoms with Gasteiger partial charge in [0.15, 0.2) is 0 Å². The normalized spacial score (nSPS) is 10.2. The predicted molar refractivity (Wildman–Crippen MR) is 72.2 cm³/mol. The summed E-state index contributed by atoms with van der Waals surface area (Å²) in [5.74, 6) is 0. The van der Waals surface area contributed by atoms with Crippen LogP contribution in [0.15, 0.2) is 24.3 Å². The van der Waals surface area contributed by atoms with E-state index in [0.717, 1.165) is 19.5 Å².